The molecule has 4 aromatic heterocycles. The predicted molar refractivity (Wildman–Crippen MR) is 145 cm³/mol. The van der Waals surface area contributed by atoms with Crippen LogP contribution >= 0.6 is 0 Å². The highest BCUT2D eigenvalue weighted by atomic mass is 16.5. The molecule has 0 aliphatic carbocycles. The van der Waals surface area contributed by atoms with Crippen LogP contribution in [0.15, 0.2) is 23.8 Å². The van der Waals surface area contributed by atoms with E-state index < -0.39 is 66.3 Å². The summed E-state index contributed by atoms with van der Waals surface area (Å²) in [6.07, 6.45) is -1.64. The number of imidazole rings is 2. The van der Waals surface area contributed by atoms with Crippen LogP contribution in [0.5, 0.6) is 0 Å². The van der Waals surface area contributed by atoms with Crippen molar-refractivity contribution in [3.63, 3.8) is 0 Å². The van der Waals surface area contributed by atoms with Gasteiger partial charge in [-0.25, -0.2) is 24.9 Å². The number of aryl methyl sites for hydroxylation is 1. The van der Waals surface area contributed by atoms with Gasteiger partial charge in [-0.3, -0.25) is 23.5 Å². The van der Waals surface area contributed by atoms with E-state index in [1.54, 1.807) is 6.92 Å². The van der Waals surface area contributed by atoms with E-state index in [0.29, 0.717) is 17.0 Å². The molecule has 18 heteroatoms. The maximum Gasteiger partial charge on any atom is 0.279 e. The molecule has 18 nitrogen and oxygen atoms in total. The second kappa shape index (κ2) is 10.3. The largest absolute Gasteiger partial charge is 0.388 e. The minimum atomic E-state index is -1.20. The Balaban J connectivity index is 1.16. The number of aromatic nitrogens is 8. The Hall–Kier alpha value is -4.52. The highest BCUT2D eigenvalue weighted by Gasteiger charge is 2.49. The van der Waals surface area contributed by atoms with E-state index >= 15 is 0 Å². The number of H-pyrrole nitrogens is 1. The van der Waals surface area contributed by atoms with Gasteiger partial charge in [0.05, 0.1) is 30.9 Å². The number of nitrogens with one attached hydrogen (secondary N) is 3. The molecule has 2 unspecified atom stereocenters. The number of carbonyl (C=O) groups excluding carboxylic acids is 2. The molecule has 0 radical (unpaired) electrons. The summed E-state index contributed by atoms with van der Waals surface area (Å²) in [7, 11) is 0. The second-order valence-electron chi connectivity index (χ2n) is 10.9. The lowest BCUT2D eigenvalue weighted by Crippen LogP contribution is -2.47. The molecular weight excluding hydrogens is 566 g/mol. The molecule has 2 amide bonds. The summed E-state index contributed by atoms with van der Waals surface area (Å²) >= 11 is 0. The molecule has 7 heterocycles. The van der Waals surface area contributed by atoms with Crippen LogP contribution in [-0.4, -0.2) is 97.6 Å². The zero-order valence-electron chi connectivity index (χ0n) is 22.8. The molecule has 0 aromatic carbocycles. The number of rotatable bonds is 2. The van der Waals surface area contributed by atoms with Crippen molar-refractivity contribution in [3.05, 3.63) is 35.2 Å². The Morgan fingerprint density at radius 1 is 0.837 bits per heavy atom. The summed E-state index contributed by atoms with van der Waals surface area (Å²) in [6, 6.07) is -1.77. The zero-order chi connectivity index (χ0) is 30.0. The van der Waals surface area contributed by atoms with Gasteiger partial charge in [0, 0.05) is 12.8 Å². The third kappa shape index (κ3) is 4.58. The van der Waals surface area contributed by atoms with Gasteiger partial charge >= 0.3 is 0 Å². The number of aromatic amines is 1. The van der Waals surface area contributed by atoms with Gasteiger partial charge in [-0.1, -0.05) is 0 Å². The van der Waals surface area contributed by atoms with Crippen molar-refractivity contribution in [2.75, 3.05) is 5.73 Å². The highest BCUT2D eigenvalue weighted by Crippen LogP contribution is 2.36. The quantitative estimate of drug-likeness (QED) is 0.146. The number of hydrogen-bond acceptors (Lipinski definition) is 13. The first kappa shape index (κ1) is 27.3. The van der Waals surface area contributed by atoms with Gasteiger partial charge in [0.2, 0.25) is 11.8 Å². The molecule has 8 atom stereocenters. The minimum Gasteiger partial charge on any atom is -0.388 e. The van der Waals surface area contributed by atoms with Crippen molar-refractivity contribution in [3.8, 4) is 0 Å². The lowest BCUT2D eigenvalue weighted by molar-refractivity contribution is -0.124. The highest BCUT2D eigenvalue weighted by molar-refractivity contribution is 5.81. The molecule has 4 aromatic rings. The van der Waals surface area contributed by atoms with Crippen LogP contribution in [0.25, 0.3) is 22.3 Å². The minimum absolute atomic E-state index is 0.0464. The van der Waals surface area contributed by atoms with E-state index in [9.17, 15) is 24.6 Å². The standard InChI is InChI=1S/C25H29N11O7/c1-9-31-22-17(23(41)32-9)30-8-36(22)24-15-18(39)11(43-24)3-5-12(37)33-14-10(2-4-13(38)34-15)42-25(19(14)40)35-7-29-16-20(26)27-6-28-21(16)35/h6-8,10-11,14-15,18-19,24-25,39-40H,2-5H2,1H3,(H,33,37)(H,34,38)(H2,26,27,28)(H,31,32,41)/t10-,11-,14+,15+,18?,19?,24-,25-/m1/s1. The molecule has 43 heavy (non-hydrogen) atoms. The summed E-state index contributed by atoms with van der Waals surface area (Å²) in [4.78, 5) is 62.2. The number of aliphatic hydroxyl groups is 2. The van der Waals surface area contributed by atoms with Crippen molar-refractivity contribution in [2.45, 2.75) is 81.6 Å². The molecule has 3 fully saturated rings. The Morgan fingerprint density at radius 3 is 2.26 bits per heavy atom. The number of carbonyl (C=O) groups is 2. The first-order chi connectivity index (χ1) is 20.7. The number of nitrogen functional groups attached to an aromatic ring is 1. The molecule has 0 saturated carbocycles. The number of ether oxygens (including phenoxy) is 2. The van der Waals surface area contributed by atoms with E-state index in [1.165, 1.54) is 28.1 Å². The van der Waals surface area contributed by atoms with Crippen molar-refractivity contribution < 1.29 is 29.3 Å². The van der Waals surface area contributed by atoms with Crippen LogP contribution in [0, 0.1) is 6.92 Å². The lowest BCUT2D eigenvalue weighted by Gasteiger charge is -2.24. The normalized spacial score (nSPS) is 31.7. The Labute approximate surface area is 241 Å². The number of nitrogens with two attached hydrogens (primary N) is 1. The smallest absolute Gasteiger partial charge is 0.279 e. The van der Waals surface area contributed by atoms with Crippen molar-refractivity contribution in [1.82, 2.24) is 49.7 Å². The number of fused-ring (bicyclic) bond motifs is 5. The van der Waals surface area contributed by atoms with Gasteiger partial charge in [0.1, 0.15) is 35.9 Å². The lowest BCUT2D eigenvalue weighted by atomic mass is 10.0. The average Bonchev–Trinajstić information content (AvgIpc) is 3.72. The molecule has 3 aliphatic rings. The number of anilines is 1. The van der Waals surface area contributed by atoms with Crippen LogP contribution in [0.3, 0.4) is 0 Å². The SMILES string of the molecule is Cc1nc2c(ncn2[C@@H]2O[C@@H]3CCC(=O)N[C@@H]4C(O)[C@H](n5cnc6c(N)ncnc65)O[C@@H]4CCC(=O)N[C@H]2C3O)c(=O)[nH]1. The third-order valence-corrected chi connectivity index (χ3v) is 8.20. The summed E-state index contributed by atoms with van der Waals surface area (Å²) in [6.45, 7) is 1.62. The summed E-state index contributed by atoms with van der Waals surface area (Å²) < 4.78 is 15.4. The van der Waals surface area contributed by atoms with Crippen LogP contribution in [0.2, 0.25) is 0 Å². The topological polar surface area (TPSA) is 250 Å². The first-order valence-electron chi connectivity index (χ1n) is 13.8. The van der Waals surface area contributed by atoms with Gasteiger partial charge in [-0.2, -0.15) is 0 Å². The monoisotopic (exact) mass is 595 g/mol. The molecule has 0 spiro atoms. The van der Waals surface area contributed by atoms with Crippen molar-refractivity contribution in [1.29, 1.82) is 0 Å². The molecule has 3 aliphatic heterocycles. The van der Waals surface area contributed by atoms with Crippen LogP contribution in [0.1, 0.15) is 44.0 Å². The van der Waals surface area contributed by atoms with Gasteiger partial charge < -0.3 is 41.0 Å². The molecular formula is C25H29N11O7. The van der Waals surface area contributed by atoms with Crippen LogP contribution in [-0.2, 0) is 19.1 Å². The maximum atomic E-state index is 13.2. The van der Waals surface area contributed by atoms with E-state index in [0.717, 1.165) is 0 Å². The molecule has 2 bridgehead atoms. The first-order valence-corrected chi connectivity index (χ1v) is 13.8. The van der Waals surface area contributed by atoms with Gasteiger partial charge in [0.15, 0.2) is 35.1 Å². The summed E-state index contributed by atoms with van der Waals surface area (Å²) in [5.41, 5.74) is 6.49. The van der Waals surface area contributed by atoms with Gasteiger partial charge in [0.25, 0.3) is 5.56 Å². The molecule has 7 N–H and O–H groups in total. The Morgan fingerprint density at radius 2 is 1.49 bits per heavy atom. The number of aliphatic hydroxyl groups excluding tert-OH is 2. The third-order valence-electron chi connectivity index (χ3n) is 8.20. The van der Waals surface area contributed by atoms with Crippen LogP contribution < -0.4 is 21.9 Å². The van der Waals surface area contributed by atoms with E-state index in [1.807, 2.05) is 0 Å². The van der Waals surface area contributed by atoms with E-state index in [-0.39, 0.29) is 42.7 Å². The Kier molecular flexibility index (Phi) is 6.56. The fourth-order valence-electron chi connectivity index (χ4n) is 6.12. The summed E-state index contributed by atoms with van der Waals surface area (Å²) in [5.74, 6) is -0.279. The molecule has 3 saturated heterocycles. The predicted octanol–water partition coefficient (Wildman–Crippen LogP) is -2.09. The van der Waals surface area contributed by atoms with E-state index in [4.69, 9.17) is 15.2 Å². The fraction of sp³-hybridized carbons (Fsp3) is 0.520. The molecule has 226 valence electrons. The van der Waals surface area contributed by atoms with Gasteiger partial charge in [-0.15, -0.1) is 0 Å². The van der Waals surface area contributed by atoms with Gasteiger partial charge in [-0.05, 0) is 19.8 Å². The zero-order valence-corrected chi connectivity index (χ0v) is 22.8. The fourth-order valence-corrected chi connectivity index (χ4v) is 6.12. The number of amides is 2. The van der Waals surface area contributed by atoms with E-state index in [2.05, 4.69) is 40.5 Å². The van der Waals surface area contributed by atoms with Crippen molar-refractivity contribution in [2.24, 2.45) is 0 Å². The maximum absolute atomic E-state index is 13.2. The van der Waals surface area contributed by atoms with Crippen molar-refractivity contribution >= 4 is 40.0 Å². The number of nitrogens with zero attached hydrogens (tertiary/aromatic N) is 7. The Bertz CT molecular complexity index is 1790. The number of hydrogen-bond donors (Lipinski definition) is 6. The summed E-state index contributed by atoms with van der Waals surface area (Å²) in [5, 5.41) is 28.2. The molecule has 7 rings (SSSR count). The van der Waals surface area contributed by atoms with Crippen LogP contribution in [0.4, 0.5) is 5.82 Å². The average molecular weight is 596 g/mol. The second-order valence-corrected chi connectivity index (χ2v) is 10.9.